The van der Waals surface area contributed by atoms with E-state index in [4.69, 9.17) is 9.47 Å². The van der Waals surface area contributed by atoms with E-state index < -0.39 is 24.3 Å². The third kappa shape index (κ3) is 5.01. The molecule has 3 aromatic rings. The van der Waals surface area contributed by atoms with Crippen molar-refractivity contribution in [2.24, 2.45) is 0 Å². The molecule has 0 bridgehead atoms. The summed E-state index contributed by atoms with van der Waals surface area (Å²) >= 11 is 1.36. The van der Waals surface area contributed by atoms with Gasteiger partial charge in [-0.1, -0.05) is 29.8 Å². The van der Waals surface area contributed by atoms with Crippen molar-refractivity contribution in [3.8, 4) is 0 Å². The van der Waals surface area contributed by atoms with Gasteiger partial charge < -0.3 is 19.6 Å². The number of aliphatic hydroxyl groups is 1. The van der Waals surface area contributed by atoms with E-state index in [-0.39, 0.29) is 17.2 Å². The lowest BCUT2D eigenvalue weighted by Crippen LogP contribution is -2.15. The number of aryl methyl sites for hydroxylation is 2. The van der Waals surface area contributed by atoms with Crippen LogP contribution < -0.4 is 0 Å². The molecule has 0 amide bonds. The molecular formula is C22H22N2O5S. The van der Waals surface area contributed by atoms with E-state index in [1.807, 2.05) is 44.2 Å². The summed E-state index contributed by atoms with van der Waals surface area (Å²) in [6, 6.07) is 13.2. The molecule has 30 heavy (non-hydrogen) atoms. The number of carbonyl (C=O) groups is 2. The van der Waals surface area contributed by atoms with Crippen LogP contribution in [0.25, 0.3) is 16.6 Å². The molecule has 0 radical (unpaired) electrons. The molecule has 7 nitrogen and oxygen atoms in total. The van der Waals surface area contributed by atoms with Gasteiger partial charge in [-0.05, 0) is 37.6 Å². The van der Waals surface area contributed by atoms with Crippen molar-refractivity contribution in [1.82, 2.24) is 9.97 Å². The lowest BCUT2D eigenvalue weighted by Gasteiger charge is -2.09. The molecule has 8 heteroatoms. The molecule has 156 valence electrons. The molecule has 3 rings (SSSR count). The summed E-state index contributed by atoms with van der Waals surface area (Å²) < 4.78 is 9.91. The van der Waals surface area contributed by atoms with Gasteiger partial charge in [-0.25, -0.2) is 9.78 Å². The van der Waals surface area contributed by atoms with Gasteiger partial charge in [-0.15, -0.1) is 11.8 Å². The summed E-state index contributed by atoms with van der Waals surface area (Å²) in [6.45, 7) is 3.49. The minimum Gasteiger partial charge on any atom is -0.508 e. The molecule has 1 aromatic heterocycles. The second-order valence-corrected chi connectivity index (χ2v) is 7.65. The number of hydrogen-bond donors (Lipinski definition) is 2. The number of ether oxygens (including phenoxy) is 2. The Labute approximate surface area is 178 Å². The van der Waals surface area contributed by atoms with Crippen LogP contribution in [0.5, 0.6) is 0 Å². The van der Waals surface area contributed by atoms with Crippen molar-refractivity contribution in [2.45, 2.75) is 18.7 Å². The van der Waals surface area contributed by atoms with Crippen LogP contribution in [0.4, 0.5) is 0 Å². The first-order valence-electron chi connectivity index (χ1n) is 9.20. The summed E-state index contributed by atoms with van der Waals surface area (Å²) in [7, 11) is 1.20. The molecule has 0 spiro atoms. The summed E-state index contributed by atoms with van der Waals surface area (Å²) in [5.41, 5.74) is 3.32. The number of aromatic amines is 1. The van der Waals surface area contributed by atoms with E-state index in [1.54, 1.807) is 12.1 Å². The van der Waals surface area contributed by atoms with Gasteiger partial charge in [-0.2, -0.15) is 0 Å². The fraction of sp³-hybridized carbons (Fsp3) is 0.227. The number of aromatic nitrogens is 2. The lowest BCUT2D eigenvalue weighted by atomic mass is 10.2. The fourth-order valence-corrected chi connectivity index (χ4v) is 3.71. The van der Waals surface area contributed by atoms with Gasteiger partial charge in [0.1, 0.15) is 23.8 Å². The molecular weight excluding hydrogens is 404 g/mol. The first kappa shape index (κ1) is 21.4. The molecule has 0 atom stereocenters. The summed E-state index contributed by atoms with van der Waals surface area (Å²) in [5, 5.41) is 10.4. The molecule has 0 aliphatic carbocycles. The molecule has 0 saturated heterocycles. The molecule has 2 N–H and O–H groups in total. The Hall–Kier alpha value is -3.26. The van der Waals surface area contributed by atoms with Gasteiger partial charge in [-0.3, -0.25) is 4.79 Å². The number of esters is 2. The number of methoxy groups -OCH3 is 1. The first-order valence-corrected chi connectivity index (χ1v) is 10.2. The van der Waals surface area contributed by atoms with Crippen LogP contribution in [0.15, 0.2) is 53.1 Å². The summed E-state index contributed by atoms with van der Waals surface area (Å²) in [4.78, 5) is 32.6. The number of hydrogen-bond acceptors (Lipinski definition) is 7. The minimum atomic E-state index is -0.785. The number of H-pyrrole nitrogens is 1. The number of fused-ring (bicyclic) bond motifs is 1. The van der Waals surface area contributed by atoms with Gasteiger partial charge >= 0.3 is 11.9 Å². The van der Waals surface area contributed by atoms with Crippen molar-refractivity contribution in [3.63, 3.8) is 0 Å². The smallest absolute Gasteiger partial charge is 0.345 e. The highest BCUT2D eigenvalue weighted by Crippen LogP contribution is 2.24. The average Bonchev–Trinajstić information content (AvgIpc) is 3.16. The Morgan fingerprint density at radius 1 is 1.17 bits per heavy atom. The second kappa shape index (κ2) is 9.49. The van der Waals surface area contributed by atoms with Crippen molar-refractivity contribution in [2.75, 3.05) is 19.5 Å². The van der Waals surface area contributed by atoms with E-state index in [0.717, 1.165) is 16.0 Å². The van der Waals surface area contributed by atoms with Gasteiger partial charge in [0.25, 0.3) is 0 Å². The maximum atomic E-state index is 12.2. The number of benzene rings is 2. The van der Waals surface area contributed by atoms with E-state index in [1.165, 1.54) is 18.9 Å². The lowest BCUT2D eigenvalue weighted by molar-refractivity contribution is -0.140. The van der Waals surface area contributed by atoms with Crippen LogP contribution in [-0.4, -0.2) is 46.5 Å². The van der Waals surface area contributed by atoms with Crippen molar-refractivity contribution >= 4 is 40.3 Å². The standard InChI is InChI=1S/C22H22N2O5S/c1-13-8-9-14(2)18(10-13)30-12-19(26)29-11-17(25)20(22(27)28-3)21-23-15-6-4-5-7-16(15)24-21/h4-10,25H,11-12H2,1-3H3,(H,23,24)/b20-17+. The Balaban J connectivity index is 1.71. The van der Waals surface area contributed by atoms with E-state index >= 15 is 0 Å². The Kier molecular flexibility index (Phi) is 6.79. The number of aliphatic hydroxyl groups excluding tert-OH is 1. The number of nitrogens with zero attached hydrogens (tertiary/aromatic N) is 1. The Morgan fingerprint density at radius 3 is 2.67 bits per heavy atom. The highest BCUT2D eigenvalue weighted by Gasteiger charge is 2.23. The van der Waals surface area contributed by atoms with E-state index in [2.05, 4.69) is 9.97 Å². The average molecular weight is 426 g/mol. The van der Waals surface area contributed by atoms with Gasteiger partial charge in [0.2, 0.25) is 0 Å². The van der Waals surface area contributed by atoms with Crippen molar-refractivity contribution in [3.05, 3.63) is 65.2 Å². The molecule has 1 heterocycles. The molecule has 0 fully saturated rings. The van der Waals surface area contributed by atoms with Gasteiger partial charge in [0, 0.05) is 4.90 Å². The van der Waals surface area contributed by atoms with Crippen LogP contribution in [0.1, 0.15) is 17.0 Å². The van der Waals surface area contributed by atoms with E-state index in [0.29, 0.717) is 11.0 Å². The quantitative estimate of drug-likeness (QED) is 0.255. The zero-order chi connectivity index (χ0) is 21.7. The summed E-state index contributed by atoms with van der Waals surface area (Å²) in [6.07, 6.45) is 0. The minimum absolute atomic E-state index is 0.0791. The predicted octanol–water partition coefficient (Wildman–Crippen LogP) is 3.96. The fourth-order valence-electron chi connectivity index (χ4n) is 2.79. The van der Waals surface area contributed by atoms with Crippen LogP contribution in [0.2, 0.25) is 0 Å². The van der Waals surface area contributed by atoms with Crippen molar-refractivity contribution in [1.29, 1.82) is 0 Å². The van der Waals surface area contributed by atoms with Crippen molar-refractivity contribution < 1.29 is 24.2 Å². The Morgan fingerprint density at radius 2 is 1.93 bits per heavy atom. The predicted molar refractivity (Wildman–Crippen MR) is 115 cm³/mol. The largest absolute Gasteiger partial charge is 0.508 e. The van der Waals surface area contributed by atoms with Gasteiger partial charge in [0.05, 0.1) is 23.9 Å². The first-order chi connectivity index (χ1) is 14.4. The molecule has 0 saturated carbocycles. The Bertz CT molecular complexity index is 1090. The second-order valence-electron chi connectivity index (χ2n) is 6.63. The number of para-hydroxylation sites is 2. The van der Waals surface area contributed by atoms with Gasteiger partial charge in [0.15, 0.2) is 0 Å². The molecule has 0 aliphatic heterocycles. The number of thioether (sulfide) groups is 1. The maximum Gasteiger partial charge on any atom is 0.345 e. The molecule has 2 aromatic carbocycles. The monoisotopic (exact) mass is 426 g/mol. The number of imidazole rings is 1. The molecule has 0 unspecified atom stereocenters. The zero-order valence-electron chi connectivity index (χ0n) is 16.9. The van der Waals surface area contributed by atoms with Crippen LogP contribution in [-0.2, 0) is 19.1 Å². The molecule has 0 aliphatic rings. The van der Waals surface area contributed by atoms with Crippen LogP contribution >= 0.6 is 11.8 Å². The third-order valence-electron chi connectivity index (χ3n) is 4.36. The number of rotatable bonds is 7. The zero-order valence-corrected chi connectivity index (χ0v) is 17.7. The normalized spacial score (nSPS) is 11.8. The summed E-state index contributed by atoms with van der Waals surface area (Å²) in [5.74, 6) is -1.52. The van der Waals surface area contributed by atoms with Crippen LogP contribution in [0.3, 0.4) is 0 Å². The topological polar surface area (TPSA) is 102 Å². The maximum absolute atomic E-state index is 12.2. The third-order valence-corrected chi connectivity index (χ3v) is 5.49. The highest BCUT2D eigenvalue weighted by molar-refractivity contribution is 8.00. The number of carbonyl (C=O) groups excluding carboxylic acids is 2. The highest BCUT2D eigenvalue weighted by atomic mass is 32.2. The SMILES string of the molecule is COC(=O)/C(=C(/O)COC(=O)CSc1cc(C)ccc1C)c1nc2ccccc2[nH]1. The van der Waals surface area contributed by atoms with Crippen LogP contribution in [0, 0.1) is 13.8 Å². The van der Waals surface area contributed by atoms with E-state index in [9.17, 15) is 14.7 Å². The number of nitrogens with one attached hydrogen (secondary N) is 1.